The summed E-state index contributed by atoms with van der Waals surface area (Å²) in [4.78, 5) is 2.41. The van der Waals surface area contributed by atoms with Gasteiger partial charge in [0.15, 0.2) is 0 Å². The highest BCUT2D eigenvalue weighted by Gasteiger charge is 2.09. The number of hydrogen-bond donors (Lipinski definition) is 1. The average Bonchev–Trinajstić information content (AvgIpc) is 2.11. The molecular formula is C11H26N2. The first kappa shape index (κ1) is 12.9. The summed E-state index contributed by atoms with van der Waals surface area (Å²) >= 11 is 0. The molecule has 0 rings (SSSR count). The summed E-state index contributed by atoms with van der Waals surface area (Å²) in [5.41, 5.74) is 0. The Kier molecular flexibility index (Phi) is 7.29. The van der Waals surface area contributed by atoms with Gasteiger partial charge in [-0.25, -0.2) is 0 Å². The van der Waals surface area contributed by atoms with Crippen LogP contribution in [0.2, 0.25) is 0 Å². The Balaban J connectivity index is 3.59. The molecule has 0 aliphatic rings. The van der Waals surface area contributed by atoms with Crippen LogP contribution in [0.3, 0.4) is 0 Å². The summed E-state index contributed by atoms with van der Waals surface area (Å²) in [5, 5.41) is 3.51. The summed E-state index contributed by atoms with van der Waals surface area (Å²) in [7, 11) is 2.20. The van der Waals surface area contributed by atoms with Gasteiger partial charge in [0.2, 0.25) is 0 Å². The fourth-order valence-corrected chi connectivity index (χ4v) is 1.41. The molecule has 1 N–H and O–H groups in total. The zero-order valence-electron chi connectivity index (χ0n) is 9.93. The molecule has 1 atom stereocenters. The van der Waals surface area contributed by atoms with Crippen molar-refractivity contribution in [3.05, 3.63) is 0 Å². The van der Waals surface area contributed by atoms with Crippen LogP contribution in [-0.2, 0) is 0 Å². The first-order valence-corrected chi connectivity index (χ1v) is 5.52. The van der Waals surface area contributed by atoms with Crippen molar-refractivity contribution in [2.24, 2.45) is 5.92 Å². The molecule has 2 nitrogen and oxygen atoms in total. The number of likely N-dealkylation sites (N-methyl/N-ethyl adjacent to an activating group) is 1. The van der Waals surface area contributed by atoms with E-state index in [9.17, 15) is 0 Å². The molecule has 13 heavy (non-hydrogen) atoms. The Hall–Kier alpha value is -0.0800. The van der Waals surface area contributed by atoms with Crippen LogP contribution in [0.4, 0.5) is 0 Å². The Morgan fingerprint density at radius 3 is 2.15 bits per heavy atom. The van der Waals surface area contributed by atoms with Crippen molar-refractivity contribution in [1.82, 2.24) is 10.2 Å². The molecular weight excluding hydrogens is 160 g/mol. The van der Waals surface area contributed by atoms with Crippen LogP contribution >= 0.6 is 0 Å². The standard InChI is InChI=1S/C11H26N2/c1-6-11(13(5)7-2)9-12-8-10(3)4/h10-12H,6-9H2,1-5H3. The van der Waals surface area contributed by atoms with Crippen LogP contribution in [0.1, 0.15) is 34.1 Å². The maximum Gasteiger partial charge on any atom is 0.0214 e. The van der Waals surface area contributed by atoms with Gasteiger partial charge in [-0.05, 0) is 32.5 Å². The van der Waals surface area contributed by atoms with Gasteiger partial charge in [-0.2, -0.15) is 0 Å². The first-order valence-electron chi connectivity index (χ1n) is 5.52. The minimum Gasteiger partial charge on any atom is -0.315 e. The van der Waals surface area contributed by atoms with Crippen LogP contribution < -0.4 is 5.32 Å². The van der Waals surface area contributed by atoms with Crippen molar-refractivity contribution >= 4 is 0 Å². The third-order valence-electron chi connectivity index (χ3n) is 2.53. The Bertz CT molecular complexity index is 113. The predicted molar refractivity (Wildman–Crippen MR) is 60.1 cm³/mol. The highest BCUT2D eigenvalue weighted by atomic mass is 15.1. The van der Waals surface area contributed by atoms with E-state index < -0.39 is 0 Å². The fourth-order valence-electron chi connectivity index (χ4n) is 1.41. The third kappa shape index (κ3) is 6.05. The number of nitrogens with one attached hydrogen (secondary N) is 1. The van der Waals surface area contributed by atoms with E-state index in [1.807, 2.05) is 0 Å². The monoisotopic (exact) mass is 186 g/mol. The number of nitrogens with zero attached hydrogens (tertiary/aromatic N) is 1. The SMILES string of the molecule is CCC(CNCC(C)C)N(C)CC. The number of hydrogen-bond acceptors (Lipinski definition) is 2. The van der Waals surface area contributed by atoms with Gasteiger partial charge >= 0.3 is 0 Å². The topological polar surface area (TPSA) is 15.3 Å². The van der Waals surface area contributed by atoms with Gasteiger partial charge in [-0.15, -0.1) is 0 Å². The zero-order valence-corrected chi connectivity index (χ0v) is 9.93. The lowest BCUT2D eigenvalue weighted by atomic mass is 10.2. The molecule has 80 valence electrons. The Labute approximate surface area is 83.7 Å². The van der Waals surface area contributed by atoms with E-state index in [1.54, 1.807) is 0 Å². The summed E-state index contributed by atoms with van der Waals surface area (Å²) in [6.07, 6.45) is 1.23. The van der Waals surface area contributed by atoms with E-state index in [1.165, 1.54) is 6.42 Å². The highest BCUT2D eigenvalue weighted by Crippen LogP contribution is 1.99. The molecule has 0 spiro atoms. The summed E-state index contributed by atoms with van der Waals surface area (Å²) < 4.78 is 0. The van der Waals surface area contributed by atoms with Crippen LogP contribution in [0.5, 0.6) is 0 Å². The van der Waals surface area contributed by atoms with Gasteiger partial charge in [0.25, 0.3) is 0 Å². The second kappa shape index (κ2) is 7.34. The van der Waals surface area contributed by atoms with E-state index in [-0.39, 0.29) is 0 Å². The zero-order chi connectivity index (χ0) is 10.3. The van der Waals surface area contributed by atoms with Gasteiger partial charge in [0.05, 0.1) is 0 Å². The third-order valence-corrected chi connectivity index (χ3v) is 2.53. The lowest BCUT2D eigenvalue weighted by Crippen LogP contribution is -2.40. The van der Waals surface area contributed by atoms with Crippen molar-refractivity contribution in [1.29, 1.82) is 0 Å². The van der Waals surface area contributed by atoms with E-state index in [0.29, 0.717) is 6.04 Å². The van der Waals surface area contributed by atoms with E-state index >= 15 is 0 Å². The average molecular weight is 186 g/mol. The molecule has 0 fully saturated rings. The maximum absolute atomic E-state index is 3.51. The van der Waals surface area contributed by atoms with E-state index in [0.717, 1.165) is 25.6 Å². The minimum atomic E-state index is 0.698. The van der Waals surface area contributed by atoms with Crippen molar-refractivity contribution in [3.8, 4) is 0 Å². The normalized spacial score (nSPS) is 14.1. The van der Waals surface area contributed by atoms with Crippen LogP contribution in [-0.4, -0.2) is 37.6 Å². The molecule has 0 saturated heterocycles. The van der Waals surface area contributed by atoms with Crippen molar-refractivity contribution in [2.45, 2.75) is 40.2 Å². The highest BCUT2D eigenvalue weighted by molar-refractivity contribution is 4.69. The van der Waals surface area contributed by atoms with Crippen molar-refractivity contribution in [2.75, 3.05) is 26.7 Å². The predicted octanol–water partition coefficient (Wildman–Crippen LogP) is 1.96. The second-order valence-electron chi connectivity index (χ2n) is 4.19. The van der Waals surface area contributed by atoms with Crippen molar-refractivity contribution in [3.63, 3.8) is 0 Å². The van der Waals surface area contributed by atoms with Gasteiger partial charge in [0.1, 0.15) is 0 Å². The van der Waals surface area contributed by atoms with Crippen LogP contribution in [0, 0.1) is 5.92 Å². The molecule has 0 heterocycles. The molecule has 0 radical (unpaired) electrons. The molecule has 1 unspecified atom stereocenters. The lowest BCUT2D eigenvalue weighted by Gasteiger charge is -2.26. The van der Waals surface area contributed by atoms with Crippen LogP contribution in [0.25, 0.3) is 0 Å². The quantitative estimate of drug-likeness (QED) is 0.654. The molecule has 0 aromatic rings. The Morgan fingerprint density at radius 1 is 1.15 bits per heavy atom. The van der Waals surface area contributed by atoms with E-state index in [2.05, 4.69) is 45.0 Å². The molecule has 0 bridgehead atoms. The van der Waals surface area contributed by atoms with Crippen molar-refractivity contribution < 1.29 is 0 Å². The molecule has 0 aromatic heterocycles. The molecule has 2 heteroatoms. The summed E-state index contributed by atoms with van der Waals surface area (Å²) in [6, 6.07) is 0.698. The van der Waals surface area contributed by atoms with Gasteiger partial charge in [0, 0.05) is 12.6 Å². The molecule has 0 amide bonds. The second-order valence-corrected chi connectivity index (χ2v) is 4.19. The summed E-state index contributed by atoms with van der Waals surface area (Å²) in [6.45, 7) is 12.4. The smallest absolute Gasteiger partial charge is 0.0214 e. The number of rotatable bonds is 7. The molecule has 0 aromatic carbocycles. The maximum atomic E-state index is 3.51. The van der Waals surface area contributed by atoms with Gasteiger partial charge < -0.3 is 10.2 Å². The lowest BCUT2D eigenvalue weighted by molar-refractivity contribution is 0.238. The van der Waals surface area contributed by atoms with Gasteiger partial charge in [-0.3, -0.25) is 0 Å². The van der Waals surface area contributed by atoms with E-state index in [4.69, 9.17) is 0 Å². The van der Waals surface area contributed by atoms with Crippen LogP contribution in [0.15, 0.2) is 0 Å². The molecule has 0 aliphatic carbocycles. The van der Waals surface area contributed by atoms with Gasteiger partial charge in [-0.1, -0.05) is 27.7 Å². The fraction of sp³-hybridized carbons (Fsp3) is 1.00. The largest absolute Gasteiger partial charge is 0.315 e. The molecule has 0 saturated carbocycles. The minimum absolute atomic E-state index is 0.698. The summed E-state index contributed by atoms with van der Waals surface area (Å²) in [5.74, 6) is 0.754. The Morgan fingerprint density at radius 2 is 1.77 bits per heavy atom. The molecule has 0 aliphatic heterocycles. The first-order chi connectivity index (χ1) is 6.11.